The van der Waals surface area contributed by atoms with Crippen molar-refractivity contribution in [2.45, 2.75) is 98.8 Å². The summed E-state index contributed by atoms with van der Waals surface area (Å²) in [6.07, 6.45) is 7.98. The van der Waals surface area contributed by atoms with Crippen molar-refractivity contribution in [3.63, 3.8) is 0 Å². The van der Waals surface area contributed by atoms with Crippen molar-refractivity contribution in [2.24, 2.45) is 11.5 Å². The van der Waals surface area contributed by atoms with Crippen molar-refractivity contribution in [1.82, 2.24) is 15.0 Å². The molecular formula is C62H70Br2N6O12. The van der Waals surface area contributed by atoms with Crippen LogP contribution in [0.25, 0.3) is 38.8 Å². The number of anilines is 1. The van der Waals surface area contributed by atoms with Gasteiger partial charge in [0.1, 0.15) is 5.78 Å². The molecule has 82 heavy (non-hydrogen) atoms. The van der Waals surface area contributed by atoms with Gasteiger partial charge in [0.15, 0.2) is 6.29 Å². The highest BCUT2D eigenvalue weighted by molar-refractivity contribution is 9.10. The van der Waals surface area contributed by atoms with Crippen molar-refractivity contribution in [1.29, 1.82) is 0 Å². The molecule has 2 amide bonds. The Morgan fingerprint density at radius 1 is 0.488 bits per heavy atom. The molecule has 0 aliphatic heterocycles. The number of fused-ring (bicyclic) bond motifs is 3. The Morgan fingerprint density at radius 3 is 1.35 bits per heavy atom. The molecule has 7 rings (SSSR count). The molecule has 0 saturated carbocycles. The number of aryl methyl sites for hydroxylation is 4. The van der Waals surface area contributed by atoms with Gasteiger partial charge in [0, 0.05) is 91.6 Å². The summed E-state index contributed by atoms with van der Waals surface area (Å²) in [5.41, 5.74) is 24.0. The second-order valence-corrected chi connectivity index (χ2v) is 19.6. The van der Waals surface area contributed by atoms with E-state index in [1.807, 2.05) is 97.9 Å². The number of benzene rings is 4. The number of carbonyl (C=O) groups is 8. The van der Waals surface area contributed by atoms with E-state index in [9.17, 15) is 38.4 Å². The summed E-state index contributed by atoms with van der Waals surface area (Å²) in [5, 5.41) is 3.07. The van der Waals surface area contributed by atoms with E-state index in [0.29, 0.717) is 95.5 Å². The van der Waals surface area contributed by atoms with Crippen LogP contribution in [0.15, 0.2) is 124 Å². The number of pyridine rings is 3. The molecule has 0 radical (unpaired) electrons. The van der Waals surface area contributed by atoms with Crippen LogP contribution < -0.4 is 17.2 Å². The zero-order chi connectivity index (χ0) is 60.4. The molecule has 434 valence electrons. The topological polar surface area (TPSA) is 290 Å². The number of hydrogen-bond acceptors (Lipinski definition) is 16. The second kappa shape index (κ2) is 37.7. The average molecular weight is 1250 g/mol. The summed E-state index contributed by atoms with van der Waals surface area (Å²) in [7, 11) is 0. The van der Waals surface area contributed by atoms with Crippen LogP contribution in [0, 0.1) is 0 Å². The first-order chi connectivity index (χ1) is 39.2. The Bertz CT molecular complexity index is 3320. The van der Waals surface area contributed by atoms with Crippen molar-refractivity contribution >= 4 is 124 Å². The van der Waals surface area contributed by atoms with E-state index in [2.05, 4.69) is 51.5 Å². The van der Waals surface area contributed by atoms with Gasteiger partial charge < -0.3 is 40.9 Å². The Hall–Kier alpha value is -8.23. The number of carbonyl (C=O) groups excluding carboxylic acids is 8. The van der Waals surface area contributed by atoms with E-state index in [4.69, 9.17) is 31.4 Å². The molecule has 0 aliphatic rings. The Kier molecular flexibility index (Phi) is 31.2. The van der Waals surface area contributed by atoms with Gasteiger partial charge in [0.2, 0.25) is 11.8 Å². The van der Waals surface area contributed by atoms with Gasteiger partial charge in [0.05, 0.1) is 68.7 Å². The summed E-state index contributed by atoms with van der Waals surface area (Å²) < 4.78 is 21.2. The van der Waals surface area contributed by atoms with Crippen LogP contribution in [0.4, 0.5) is 5.69 Å². The number of ketones is 1. The Labute approximate surface area is 494 Å². The maximum Gasteiger partial charge on any atom is 0.306 e. The molecular weight excluding hydrogens is 1180 g/mol. The van der Waals surface area contributed by atoms with E-state index < -0.39 is 5.91 Å². The number of rotatable bonds is 22. The lowest BCUT2D eigenvalue weighted by molar-refractivity contribution is -0.144. The normalized spacial score (nSPS) is 10.3. The predicted octanol–water partition coefficient (Wildman–Crippen LogP) is 10.6. The molecule has 3 heterocycles. The molecule has 0 saturated heterocycles. The minimum atomic E-state index is -0.479. The number of aromatic nitrogens is 3. The fourth-order valence-corrected chi connectivity index (χ4v) is 7.97. The summed E-state index contributed by atoms with van der Waals surface area (Å²) in [6, 6.07) is 34.4. The first kappa shape index (κ1) is 68.0. The number of primary amides is 2. The molecule has 3 aromatic heterocycles. The van der Waals surface area contributed by atoms with Crippen molar-refractivity contribution in [3.05, 3.63) is 158 Å². The highest BCUT2D eigenvalue weighted by Crippen LogP contribution is 2.21. The van der Waals surface area contributed by atoms with Crippen LogP contribution in [0.2, 0.25) is 0 Å². The third-order valence-corrected chi connectivity index (χ3v) is 12.2. The third-order valence-electron chi connectivity index (χ3n) is 11.2. The molecule has 0 fully saturated rings. The fourth-order valence-electron chi connectivity index (χ4n) is 7.21. The molecule has 7 aromatic rings. The number of Topliss-reactive ketones (excluding diaryl/α,β-unsaturated/α-hetero) is 1. The number of nitrogen functional groups attached to an aromatic ring is 1. The standard InChI is InChI=1S/C17H20N2O3.C17H18N2O3.C14H14BrNO2.C7H6BrNO.C7H12O3/c2*1-2-22-17(21)10-7-14-6-5-13-11-12(4-9-16(18)20)3-8-15(13)19-14;1-2-18-14(17)8-6-12-5-3-10-9-11(15)4-7-13(10)16-12;8-6-1-2-7(9)5(3-6)4-10;1-3-10-7(9)5-4-6(2)8/h3,5-6,8,11H,2,4,7,9-10H2,1H3,(H2,18,20);3-6,8-9,11H,2,7,10H2,1H3,(H2,18,20);3-5,7,9H,2,6,8H2,1H3;1-4H,9H2;3-5H2,1-2H3/b;9-4+;;;. The van der Waals surface area contributed by atoms with E-state index in [1.165, 1.54) is 13.0 Å². The quantitative estimate of drug-likeness (QED) is 0.0187. The smallest absolute Gasteiger partial charge is 0.306 e. The molecule has 0 aliphatic carbocycles. The number of nitrogens with zero attached hydrogens (tertiary/aromatic N) is 3. The molecule has 18 nitrogen and oxygen atoms in total. The zero-order valence-corrected chi connectivity index (χ0v) is 49.9. The number of hydrogen-bond donors (Lipinski definition) is 3. The van der Waals surface area contributed by atoms with Gasteiger partial charge in [0.25, 0.3) is 0 Å². The molecule has 0 bridgehead atoms. The van der Waals surface area contributed by atoms with E-state index in [0.717, 1.165) is 76.1 Å². The number of amides is 2. The highest BCUT2D eigenvalue weighted by Gasteiger charge is 2.09. The number of esters is 4. The minimum Gasteiger partial charge on any atom is -0.466 e. The molecule has 6 N–H and O–H groups in total. The molecule has 4 aromatic carbocycles. The Balaban J connectivity index is 0.000000279. The molecule has 0 atom stereocenters. The lowest BCUT2D eigenvalue weighted by atomic mass is 10.1. The summed E-state index contributed by atoms with van der Waals surface area (Å²) in [4.78, 5) is 100. The summed E-state index contributed by atoms with van der Waals surface area (Å²) in [6.45, 7) is 10.2. The molecule has 0 spiro atoms. The number of aldehydes is 1. The van der Waals surface area contributed by atoms with Crippen LogP contribution in [-0.4, -0.2) is 89.1 Å². The first-order valence-corrected chi connectivity index (χ1v) is 28.1. The highest BCUT2D eigenvalue weighted by atomic mass is 79.9. The van der Waals surface area contributed by atoms with Gasteiger partial charge in [-0.05, 0) is 137 Å². The van der Waals surface area contributed by atoms with E-state index in [1.54, 1.807) is 45.0 Å². The molecule has 20 heteroatoms. The monoisotopic (exact) mass is 1250 g/mol. The van der Waals surface area contributed by atoms with E-state index >= 15 is 0 Å². The third kappa shape index (κ3) is 27.3. The van der Waals surface area contributed by atoms with E-state index in [-0.39, 0.29) is 42.0 Å². The maximum absolute atomic E-state index is 11.4. The average Bonchev–Trinajstić information content (AvgIpc) is 3.50. The lowest BCUT2D eigenvalue weighted by Crippen LogP contribution is -2.11. The van der Waals surface area contributed by atoms with Gasteiger partial charge in [-0.25, -0.2) is 0 Å². The number of nitrogens with two attached hydrogens (primary N) is 3. The first-order valence-electron chi connectivity index (χ1n) is 26.5. The van der Waals surface area contributed by atoms with Gasteiger partial charge in [-0.3, -0.25) is 48.5 Å². The summed E-state index contributed by atoms with van der Waals surface area (Å²) in [5.74, 6) is -1.64. The minimum absolute atomic E-state index is 0.0213. The van der Waals surface area contributed by atoms with Crippen LogP contribution in [0.5, 0.6) is 0 Å². The second-order valence-electron chi connectivity index (χ2n) is 17.7. The van der Waals surface area contributed by atoms with Crippen LogP contribution in [0.3, 0.4) is 0 Å². The predicted molar refractivity (Wildman–Crippen MR) is 324 cm³/mol. The van der Waals surface area contributed by atoms with Gasteiger partial charge in [-0.15, -0.1) is 0 Å². The van der Waals surface area contributed by atoms with Crippen molar-refractivity contribution in [3.8, 4) is 0 Å². The van der Waals surface area contributed by atoms with Crippen LogP contribution >= 0.6 is 31.9 Å². The largest absolute Gasteiger partial charge is 0.466 e. The van der Waals surface area contributed by atoms with Crippen molar-refractivity contribution in [2.75, 3.05) is 32.2 Å². The fraction of sp³-hybridized carbons (Fsp3) is 0.306. The van der Waals surface area contributed by atoms with Gasteiger partial charge >= 0.3 is 23.9 Å². The lowest BCUT2D eigenvalue weighted by Gasteiger charge is -2.05. The maximum atomic E-state index is 11.4. The Morgan fingerprint density at radius 2 is 0.915 bits per heavy atom. The van der Waals surface area contributed by atoms with Crippen LogP contribution in [0.1, 0.15) is 112 Å². The van der Waals surface area contributed by atoms with Crippen LogP contribution in [-0.2, 0) is 78.2 Å². The molecule has 0 unspecified atom stereocenters. The van der Waals surface area contributed by atoms with Gasteiger partial charge in [-0.2, -0.15) is 0 Å². The summed E-state index contributed by atoms with van der Waals surface area (Å²) >= 11 is 6.65. The van der Waals surface area contributed by atoms with Crippen molar-refractivity contribution < 1.29 is 57.3 Å². The number of halogens is 2. The van der Waals surface area contributed by atoms with Gasteiger partial charge in [-0.1, -0.05) is 62.2 Å². The SMILES string of the molecule is CCOC(=O)CCC(C)=O.CCOC(=O)CCc1ccc2cc(/C=C/C(N)=O)ccc2n1.CCOC(=O)CCc1ccc2cc(Br)ccc2n1.CCOC(=O)CCc1ccc2cc(CCC(N)=O)ccc2n1.Nc1ccc(Br)cc1C=O. The number of ether oxygens (including phenoxy) is 4. The zero-order valence-electron chi connectivity index (χ0n) is 46.8.